The number of nitriles is 1. The molecule has 0 aliphatic rings. The lowest BCUT2D eigenvalue weighted by Gasteiger charge is -2.05. The zero-order valence-corrected chi connectivity index (χ0v) is 10.6. The first kappa shape index (κ1) is 13.5. The van der Waals surface area contributed by atoms with Crippen molar-refractivity contribution in [1.82, 2.24) is 4.57 Å². The molecule has 1 heterocycles. The van der Waals surface area contributed by atoms with Crippen molar-refractivity contribution in [3.63, 3.8) is 0 Å². The molecule has 0 amide bonds. The number of hydrogen-bond acceptors (Lipinski definition) is 4. The average Bonchev–Trinajstić information content (AvgIpc) is 2.76. The van der Waals surface area contributed by atoms with E-state index in [1.54, 1.807) is 23.9 Å². The van der Waals surface area contributed by atoms with Gasteiger partial charge in [-0.1, -0.05) is 0 Å². The first-order chi connectivity index (χ1) is 9.51. The molecule has 0 unspecified atom stereocenters. The highest BCUT2D eigenvalue weighted by Crippen LogP contribution is 2.21. The summed E-state index contributed by atoms with van der Waals surface area (Å²) in [4.78, 5) is 9.73. The fourth-order valence-corrected chi connectivity index (χ4v) is 1.81. The third-order valence-corrected chi connectivity index (χ3v) is 2.82. The van der Waals surface area contributed by atoms with Crippen molar-refractivity contribution in [2.45, 2.75) is 6.54 Å². The SMILES string of the molecule is Cn1cc(CNc2ccc([N+](=O)[O-])c(F)c2)cc1C#N. The monoisotopic (exact) mass is 274 g/mol. The first-order valence-electron chi connectivity index (χ1n) is 5.74. The van der Waals surface area contributed by atoms with E-state index in [2.05, 4.69) is 5.32 Å². The number of aryl methyl sites for hydroxylation is 1. The van der Waals surface area contributed by atoms with Crippen molar-refractivity contribution < 1.29 is 9.31 Å². The molecule has 1 N–H and O–H groups in total. The summed E-state index contributed by atoms with van der Waals surface area (Å²) in [5, 5.41) is 22.3. The molecule has 0 saturated heterocycles. The zero-order chi connectivity index (χ0) is 14.7. The van der Waals surface area contributed by atoms with Gasteiger partial charge in [0.25, 0.3) is 0 Å². The molecule has 7 heteroatoms. The van der Waals surface area contributed by atoms with Crippen molar-refractivity contribution in [3.8, 4) is 6.07 Å². The summed E-state index contributed by atoms with van der Waals surface area (Å²) in [6.45, 7) is 0.396. The number of nitro groups is 1. The normalized spacial score (nSPS) is 10.1. The second-order valence-electron chi connectivity index (χ2n) is 4.23. The molecular formula is C13H11FN4O2. The van der Waals surface area contributed by atoms with Crippen molar-refractivity contribution in [2.24, 2.45) is 7.05 Å². The van der Waals surface area contributed by atoms with Gasteiger partial charge in [-0.2, -0.15) is 9.65 Å². The lowest BCUT2D eigenvalue weighted by Crippen LogP contribution is -2.00. The quantitative estimate of drug-likeness (QED) is 0.686. The molecule has 6 nitrogen and oxygen atoms in total. The third kappa shape index (κ3) is 2.75. The Morgan fingerprint density at radius 3 is 2.80 bits per heavy atom. The van der Waals surface area contributed by atoms with Crippen LogP contribution in [0.1, 0.15) is 11.3 Å². The second kappa shape index (κ2) is 5.40. The number of nitrogens with one attached hydrogen (secondary N) is 1. The predicted molar refractivity (Wildman–Crippen MR) is 70.5 cm³/mol. The van der Waals surface area contributed by atoms with Crippen LogP contribution in [0.5, 0.6) is 0 Å². The van der Waals surface area contributed by atoms with Gasteiger partial charge in [-0.25, -0.2) is 0 Å². The molecule has 102 valence electrons. The maximum atomic E-state index is 13.4. The van der Waals surface area contributed by atoms with Crippen molar-refractivity contribution in [1.29, 1.82) is 5.26 Å². The van der Waals surface area contributed by atoms with Gasteiger partial charge in [0, 0.05) is 37.6 Å². The summed E-state index contributed by atoms with van der Waals surface area (Å²) in [6, 6.07) is 7.39. The Morgan fingerprint density at radius 1 is 1.50 bits per heavy atom. The largest absolute Gasteiger partial charge is 0.381 e. The molecule has 0 radical (unpaired) electrons. The number of nitrogens with zero attached hydrogens (tertiary/aromatic N) is 3. The number of anilines is 1. The van der Waals surface area contributed by atoms with Crippen LogP contribution in [0.3, 0.4) is 0 Å². The van der Waals surface area contributed by atoms with Gasteiger partial charge in [0.2, 0.25) is 5.82 Å². The minimum Gasteiger partial charge on any atom is -0.381 e. The fraction of sp³-hybridized carbons (Fsp3) is 0.154. The number of halogens is 1. The molecule has 0 spiro atoms. The molecule has 1 aromatic carbocycles. The van der Waals surface area contributed by atoms with Crippen LogP contribution < -0.4 is 5.32 Å². The van der Waals surface area contributed by atoms with Gasteiger partial charge in [0.05, 0.1) is 4.92 Å². The van der Waals surface area contributed by atoms with Crippen LogP contribution in [0.25, 0.3) is 0 Å². The van der Waals surface area contributed by atoms with Gasteiger partial charge in [-0.3, -0.25) is 10.1 Å². The van der Waals surface area contributed by atoms with E-state index in [4.69, 9.17) is 5.26 Å². The summed E-state index contributed by atoms with van der Waals surface area (Å²) in [5.74, 6) is -0.884. The van der Waals surface area contributed by atoms with E-state index in [1.807, 2.05) is 6.07 Å². The first-order valence-corrected chi connectivity index (χ1v) is 5.74. The van der Waals surface area contributed by atoms with Crippen molar-refractivity contribution >= 4 is 11.4 Å². The summed E-state index contributed by atoms with van der Waals surface area (Å²) in [7, 11) is 1.76. The molecule has 0 saturated carbocycles. The van der Waals surface area contributed by atoms with Gasteiger partial charge in [-0.05, 0) is 17.7 Å². The number of benzene rings is 1. The molecule has 1 aromatic heterocycles. The molecule has 0 fully saturated rings. The molecule has 2 rings (SSSR count). The van der Waals surface area contributed by atoms with Crippen LogP contribution in [-0.4, -0.2) is 9.49 Å². The Labute approximate surface area is 114 Å². The van der Waals surface area contributed by atoms with E-state index in [0.717, 1.165) is 17.7 Å². The number of aromatic nitrogens is 1. The Bertz CT molecular complexity index is 703. The van der Waals surface area contributed by atoms with E-state index in [-0.39, 0.29) is 0 Å². The highest BCUT2D eigenvalue weighted by Gasteiger charge is 2.13. The van der Waals surface area contributed by atoms with E-state index < -0.39 is 16.4 Å². The maximum absolute atomic E-state index is 13.4. The molecule has 2 aromatic rings. The zero-order valence-electron chi connectivity index (χ0n) is 10.6. The van der Waals surface area contributed by atoms with E-state index in [0.29, 0.717) is 17.9 Å². The van der Waals surface area contributed by atoms with Crippen LogP contribution in [0.2, 0.25) is 0 Å². The van der Waals surface area contributed by atoms with E-state index >= 15 is 0 Å². The smallest absolute Gasteiger partial charge is 0.304 e. The molecule has 0 bridgehead atoms. The van der Waals surface area contributed by atoms with Gasteiger partial charge >= 0.3 is 5.69 Å². The summed E-state index contributed by atoms with van der Waals surface area (Å²) < 4.78 is 15.1. The summed E-state index contributed by atoms with van der Waals surface area (Å²) in [6.07, 6.45) is 1.79. The van der Waals surface area contributed by atoms with Crippen LogP contribution >= 0.6 is 0 Å². The molecular weight excluding hydrogens is 263 g/mol. The van der Waals surface area contributed by atoms with Gasteiger partial charge in [0.1, 0.15) is 11.8 Å². The molecule has 0 aliphatic heterocycles. The van der Waals surface area contributed by atoms with Crippen LogP contribution in [0, 0.1) is 27.3 Å². The molecule has 20 heavy (non-hydrogen) atoms. The Hall–Kier alpha value is -2.88. The Morgan fingerprint density at radius 2 is 2.25 bits per heavy atom. The Kier molecular flexibility index (Phi) is 3.66. The van der Waals surface area contributed by atoms with Gasteiger partial charge in [-0.15, -0.1) is 0 Å². The van der Waals surface area contributed by atoms with E-state index in [9.17, 15) is 14.5 Å². The Balaban J connectivity index is 2.09. The van der Waals surface area contributed by atoms with Crippen molar-refractivity contribution in [2.75, 3.05) is 5.32 Å². The minimum absolute atomic E-state index is 0.396. The number of nitro benzene ring substituents is 1. The fourth-order valence-electron chi connectivity index (χ4n) is 1.81. The number of hydrogen-bond donors (Lipinski definition) is 1. The summed E-state index contributed by atoms with van der Waals surface area (Å²) >= 11 is 0. The molecule has 0 atom stereocenters. The van der Waals surface area contributed by atoms with Gasteiger partial charge in [0.15, 0.2) is 0 Å². The highest BCUT2D eigenvalue weighted by atomic mass is 19.1. The van der Waals surface area contributed by atoms with Crippen LogP contribution in [0.4, 0.5) is 15.8 Å². The van der Waals surface area contributed by atoms with E-state index in [1.165, 1.54) is 6.07 Å². The topological polar surface area (TPSA) is 83.9 Å². The average molecular weight is 274 g/mol. The number of rotatable bonds is 4. The third-order valence-electron chi connectivity index (χ3n) is 2.82. The maximum Gasteiger partial charge on any atom is 0.304 e. The molecule has 0 aliphatic carbocycles. The lowest BCUT2D eigenvalue weighted by atomic mass is 10.2. The highest BCUT2D eigenvalue weighted by molar-refractivity contribution is 5.50. The lowest BCUT2D eigenvalue weighted by molar-refractivity contribution is -0.387. The van der Waals surface area contributed by atoms with Crippen LogP contribution in [-0.2, 0) is 13.6 Å². The van der Waals surface area contributed by atoms with Crippen LogP contribution in [0.15, 0.2) is 30.5 Å². The minimum atomic E-state index is -0.884. The van der Waals surface area contributed by atoms with Crippen molar-refractivity contribution in [3.05, 3.63) is 57.7 Å². The summed E-state index contributed by atoms with van der Waals surface area (Å²) in [5.41, 5.74) is 1.27. The van der Waals surface area contributed by atoms with Gasteiger partial charge < -0.3 is 9.88 Å². The second-order valence-corrected chi connectivity index (χ2v) is 4.23. The predicted octanol–water partition coefficient (Wildman–Crippen LogP) is 2.56. The standard InChI is InChI=1S/C13H11FN4O2/c1-17-8-9(4-11(17)6-15)7-16-10-2-3-13(18(19)20)12(14)5-10/h2-5,8,16H,7H2,1H3.